The first-order chi connectivity index (χ1) is 12.7. The molecule has 27 heavy (non-hydrogen) atoms. The molecule has 0 aromatic heterocycles. The molecule has 0 spiro atoms. The standard InChI is InChI=1S/C22H23NO4/c1-13-10-20(16(4)15(3)14(13)2)21(24)12-26-22(25)17(5)27-19-8-6-18(11-23)7-9-19/h6-10,17H,12H2,1-5H3/t17-/m0/s1. The predicted molar refractivity (Wildman–Crippen MR) is 102 cm³/mol. The monoisotopic (exact) mass is 365 g/mol. The van der Waals surface area contributed by atoms with Gasteiger partial charge in [0.2, 0.25) is 5.78 Å². The Hall–Kier alpha value is -3.13. The van der Waals surface area contributed by atoms with E-state index < -0.39 is 12.1 Å². The molecule has 0 saturated carbocycles. The van der Waals surface area contributed by atoms with E-state index in [-0.39, 0.29) is 12.4 Å². The number of ether oxygens (including phenoxy) is 2. The number of rotatable bonds is 6. The van der Waals surface area contributed by atoms with Gasteiger partial charge in [0.05, 0.1) is 11.6 Å². The van der Waals surface area contributed by atoms with E-state index in [0.29, 0.717) is 16.9 Å². The summed E-state index contributed by atoms with van der Waals surface area (Å²) >= 11 is 0. The van der Waals surface area contributed by atoms with E-state index in [1.165, 1.54) is 0 Å². The lowest BCUT2D eigenvalue weighted by molar-refractivity contribution is -0.149. The first kappa shape index (κ1) is 20.2. The minimum atomic E-state index is -0.867. The highest BCUT2D eigenvalue weighted by Crippen LogP contribution is 2.22. The summed E-state index contributed by atoms with van der Waals surface area (Å²) in [6.07, 6.45) is -0.867. The molecular formula is C22H23NO4. The predicted octanol–water partition coefficient (Wildman–Crippen LogP) is 3.99. The molecule has 0 aliphatic rings. The van der Waals surface area contributed by atoms with Crippen molar-refractivity contribution in [3.63, 3.8) is 0 Å². The molecule has 0 bridgehead atoms. The molecule has 0 unspecified atom stereocenters. The van der Waals surface area contributed by atoms with E-state index >= 15 is 0 Å². The van der Waals surface area contributed by atoms with Gasteiger partial charge in [0.15, 0.2) is 12.7 Å². The van der Waals surface area contributed by atoms with Gasteiger partial charge >= 0.3 is 5.97 Å². The molecule has 0 heterocycles. The fraction of sp³-hybridized carbons (Fsp3) is 0.318. The lowest BCUT2D eigenvalue weighted by atomic mass is 9.93. The number of carbonyl (C=O) groups excluding carboxylic acids is 2. The van der Waals surface area contributed by atoms with Crippen molar-refractivity contribution in [2.24, 2.45) is 0 Å². The lowest BCUT2D eigenvalue weighted by Crippen LogP contribution is -2.28. The fourth-order valence-corrected chi connectivity index (χ4v) is 2.69. The zero-order valence-corrected chi connectivity index (χ0v) is 16.3. The SMILES string of the molecule is Cc1cc(C(=O)COC(=O)[C@H](C)Oc2ccc(C#N)cc2)c(C)c(C)c1C. The average molecular weight is 365 g/mol. The van der Waals surface area contributed by atoms with Crippen molar-refractivity contribution in [3.05, 3.63) is 63.7 Å². The van der Waals surface area contributed by atoms with Crippen molar-refractivity contribution in [2.45, 2.75) is 40.7 Å². The van der Waals surface area contributed by atoms with Gasteiger partial charge in [0, 0.05) is 5.56 Å². The normalized spacial score (nSPS) is 11.4. The van der Waals surface area contributed by atoms with Crippen molar-refractivity contribution < 1.29 is 19.1 Å². The molecule has 0 aliphatic heterocycles. The first-order valence-corrected chi connectivity index (χ1v) is 8.68. The lowest BCUT2D eigenvalue weighted by Gasteiger charge is -2.15. The second-order valence-corrected chi connectivity index (χ2v) is 6.54. The molecule has 0 N–H and O–H groups in total. The maximum Gasteiger partial charge on any atom is 0.347 e. The second kappa shape index (κ2) is 8.50. The zero-order chi connectivity index (χ0) is 20.1. The van der Waals surface area contributed by atoms with E-state index in [9.17, 15) is 9.59 Å². The number of Topliss-reactive ketones (excluding diaryl/α,β-unsaturated/α-hetero) is 1. The minimum Gasteiger partial charge on any atom is -0.479 e. The summed E-state index contributed by atoms with van der Waals surface area (Å²) in [5, 5.41) is 8.79. The van der Waals surface area contributed by atoms with Gasteiger partial charge in [-0.15, -0.1) is 0 Å². The number of benzene rings is 2. The Labute approximate surface area is 159 Å². The molecular weight excluding hydrogens is 342 g/mol. The molecule has 2 aromatic carbocycles. The van der Waals surface area contributed by atoms with Crippen LogP contribution < -0.4 is 4.74 Å². The van der Waals surface area contributed by atoms with Crippen LogP contribution in [0.15, 0.2) is 30.3 Å². The molecule has 1 atom stereocenters. The molecule has 140 valence electrons. The number of ketones is 1. The molecule has 2 aromatic rings. The van der Waals surface area contributed by atoms with Gasteiger partial charge in [0.25, 0.3) is 0 Å². The average Bonchev–Trinajstić information content (AvgIpc) is 2.67. The van der Waals surface area contributed by atoms with Crippen molar-refractivity contribution in [1.29, 1.82) is 5.26 Å². The Morgan fingerprint density at radius 2 is 1.67 bits per heavy atom. The maximum atomic E-state index is 12.5. The van der Waals surface area contributed by atoms with E-state index in [4.69, 9.17) is 14.7 Å². The maximum absolute atomic E-state index is 12.5. The van der Waals surface area contributed by atoms with Gasteiger partial charge in [-0.05, 0) is 87.2 Å². The van der Waals surface area contributed by atoms with Crippen LogP contribution in [0.25, 0.3) is 0 Å². The summed E-state index contributed by atoms with van der Waals surface area (Å²) in [6.45, 7) is 9.08. The van der Waals surface area contributed by atoms with Crippen LogP contribution in [0.4, 0.5) is 0 Å². The Morgan fingerprint density at radius 1 is 1.04 bits per heavy atom. The Morgan fingerprint density at radius 3 is 2.26 bits per heavy atom. The quantitative estimate of drug-likeness (QED) is 0.571. The molecule has 2 rings (SSSR count). The summed E-state index contributed by atoms with van der Waals surface area (Å²) in [7, 11) is 0. The van der Waals surface area contributed by atoms with Crippen LogP contribution in [0, 0.1) is 39.0 Å². The number of hydrogen-bond donors (Lipinski definition) is 0. The largest absolute Gasteiger partial charge is 0.479 e. The number of hydrogen-bond acceptors (Lipinski definition) is 5. The summed E-state index contributed by atoms with van der Waals surface area (Å²) in [4.78, 5) is 24.6. The summed E-state index contributed by atoms with van der Waals surface area (Å²) in [6, 6.07) is 10.3. The smallest absolute Gasteiger partial charge is 0.347 e. The highest BCUT2D eigenvalue weighted by Gasteiger charge is 2.20. The number of nitrogens with zero attached hydrogens (tertiary/aromatic N) is 1. The first-order valence-electron chi connectivity index (χ1n) is 8.68. The number of nitriles is 1. The van der Waals surface area contributed by atoms with Crippen molar-refractivity contribution in [2.75, 3.05) is 6.61 Å². The third-order valence-electron chi connectivity index (χ3n) is 4.76. The highest BCUT2D eigenvalue weighted by atomic mass is 16.6. The summed E-state index contributed by atoms with van der Waals surface area (Å²) in [5.41, 5.74) is 5.24. The van der Waals surface area contributed by atoms with Gasteiger partial charge in [-0.2, -0.15) is 5.26 Å². The molecule has 5 heteroatoms. The number of esters is 1. The topological polar surface area (TPSA) is 76.4 Å². The van der Waals surface area contributed by atoms with E-state index in [1.54, 1.807) is 31.2 Å². The van der Waals surface area contributed by atoms with Crippen molar-refractivity contribution >= 4 is 11.8 Å². The van der Waals surface area contributed by atoms with Gasteiger partial charge in [0.1, 0.15) is 5.75 Å². The van der Waals surface area contributed by atoms with Crippen molar-refractivity contribution in [3.8, 4) is 11.8 Å². The fourth-order valence-electron chi connectivity index (χ4n) is 2.69. The Bertz CT molecular complexity index is 907. The second-order valence-electron chi connectivity index (χ2n) is 6.54. The third-order valence-corrected chi connectivity index (χ3v) is 4.76. The van der Waals surface area contributed by atoms with Crippen LogP contribution >= 0.6 is 0 Å². The zero-order valence-electron chi connectivity index (χ0n) is 16.3. The Kier molecular flexibility index (Phi) is 6.36. The van der Waals surface area contributed by atoms with Crippen LogP contribution in [0.3, 0.4) is 0 Å². The molecule has 0 amide bonds. The number of aryl methyl sites for hydroxylation is 1. The van der Waals surface area contributed by atoms with Gasteiger partial charge in [-0.1, -0.05) is 0 Å². The van der Waals surface area contributed by atoms with Crippen LogP contribution in [0.5, 0.6) is 5.75 Å². The molecule has 0 radical (unpaired) electrons. The minimum absolute atomic E-state index is 0.238. The van der Waals surface area contributed by atoms with Gasteiger partial charge < -0.3 is 9.47 Å². The van der Waals surface area contributed by atoms with E-state index in [2.05, 4.69) is 0 Å². The molecule has 0 aliphatic carbocycles. The highest BCUT2D eigenvalue weighted by molar-refractivity contribution is 6.00. The van der Waals surface area contributed by atoms with E-state index in [1.807, 2.05) is 39.8 Å². The van der Waals surface area contributed by atoms with Crippen molar-refractivity contribution in [1.82, 2.24) is 0 Å². The van der Waals surface area contributed by atoms with Crippen LogP contribution in [-0.2, 0) is 9.53 Å². The molecule has 5 nitrogen and oxygen atoms in total. The summed E-state index contributed by atoms with van der Waals surface area (Å²) in [5.74, 6) is -0.408. The van der Waals surface area contributed by atoms with Crippen LogP contribution in [-0.4, -0.2) is 24.5 Å². The summed E-state index contributed by atoms with van der Waals surface area (Å²) < 4.78 is 10.6. The van der Waals surface area contributed by atoms with E-state index in [0.717, 1.165) is 22.3 Å². The van der Waals surface area contributed by atoms with Crippen LogP contribution in [0.2, 0.25) is 0 Å². The molecule has 0 saturated heterocycles. The third kappa shape index (κ3) is 4.73. The molecule has 0 fully saturated rings. The number of carbonyl (C=O) groups is 2. The van der Waals surface area contributed by atoms with Gasteiger partial charge in [-0.25, -0.2) is 4.79 Å². The van der Waals surface area contributed by atoms with Gasteiger partial charge in [-0.3, -0.25) is 4.79 Å². The Balaban J connectivity index is 1.98. The van der Waals surface area contributed by atoms with Crippen LogP contribution in [0.1, 0.15) is 45.1 Å².